The van der Waals surface area contributed by atoms with Crippen molar-refractivity contribution in [3.05, 3.63) is 58.7 Å². The SMILES string of the molecule is Cc1cc(C#N)ccc1CNc1ccc(C)c(N(C)C)c1. The summed E-state index contributed by atoms with van der Waals surface area (Å²) in [5, 5.41) is 12.4. The van der Waals surface area contributed by atoms with Crippen molar-refractivity contribution in [2.45, 2.75) is 20.4 Å². The summed E-state index contributed by atoms with van der Waals surface area (Å²) in [4.78, 5) is 2.12. The molecule has 0 radical (unpaired) electrons. The van der Waals surface area contributed by atoms with Crippen LogP contribution < -0.4 is 10.2 Å². The van der Waals surface area contributed by atoms with E-state index >= 15 is 0 Å². The fourth-order valence-corrected chi connectivity index (χ4v) is 2.36. The van der Waals surface area contributed by atoms with E-state index < -0.39 is 0 Å². The van der Waals surface area contributed by atoms with E-state index in [1.807, 2.05) is 25.1 Å². The number of hydrogen-bond donors (Lipinski definition) is 1. The molecule has 0 atom stereocenters. The highest BCUT2D eigenvalue weighted by Crippen LogP contribution is 2.23. The Hall–Kier alpha value is -2.47. The molecule has 2 rings (SSSR count). The summed E-state index contributed by atoms with van der Waals surface area (Å²) in [6.07, 6.45) is 0. The largest absolute Gasteiger partial charge is 0.381 e. The molecule has 21 heavy (non-hydrogen) atoms. The van der Waals surface area contributed by atoms with Crippen LogP contribution in [0.1, 0.15) is 22.3 Å². The van der Waals surface area contributed by atoms with Crippen molar-refractivity contribution in [2.75, 3.05) is 24.3 Å². The predicted octanol–water partition coefficient (Wildman–Crippen LogP) is 3.85. The lowest BCUT2D eigenvalue weighted by atomic mass is 10.1. The van der Waals surface area contributed by atoms with Crippen LogP contribution in [0, 0.1) is 25.2 Å². The third-order valence-corrected chi connectivity index (χ3v) is 3.65. The summed E-state index contributed by atoms with van der Waals surface area (Å²) in [6.45, 7) is 4.91. The first-order chi connectivity index (χ1) is 10.0. The zero-order valence-corrected chi connectivity index (χ0v) is 13.1. The van der Waals surface area contributed by atoms with Gasteiger partial charge in [0.1, 0.15) is 0 Å². The molecule has 0 aliphatic heterocycles. The van der Waals surface area contributed by atoms with Crippen molar-refractivity contribution in [1.82, 2.24) is 0 Å². The van der Waals surface area contributed by atoms with Crippen LogP contribution in [-0.2, 0) is 6.54 Å². The van der Waals surface area contributed by atoms with Crippen molar-refractivity contribution in [3.63, 3.8) is 0 Å². The molecule has 3 nitrogen and oxygen atoms in total. The van der Waals surface area contributed by atoms with Gasteiger partial charge in [0.05, 0.1) is 11.6 Å². The number of rotatable bonds is 4. The highest BCUT2D eigenvalue weighted by Gasteiger charge is 2.04. The van der Waals surface area contributed by atoms with Crippen molar-refractivity contribution in [1.29, 1.82) is 5.26 Å². The summed E-state index contributed by atoms with van der Waals surface area (Å²) >= 11 is 0. The van der Waals surface area contributed by atoms with E-state index in [1.165, 1.54) is 16.8 Å². The molecule has 0 aromatic heterocycles. The van der Waals surface area contributed by atoms with Gasteiger partial charge < -0.3 is 10.2 Å². The second-order valence-electron chi connectivity index (χ2n) is 5.50. The lowest BCUT2D eigenvalue weighted by Crippen LogP contribution is -2.11. The van der Waals surface area contributed by atoms with Gasteiger partial charge in [0, 0.05) is 32.0 Å². The molecular formula is C18H21N3. The van der Waals surface area contributed by atoms with Crippen molar-refractivity contribution >= 4 is 11.4 Å². The number of benzene rings is 2. The van der Waals surface area contributed by atoms with Gasteiger partial charge in [0.25, 0.3) is 0 Å². The lowest BCUT2D eigenvalue weighted by Gasteiger charge is -2.18. The zero-order valence-electron chi connectivity index (χ0n) is 13.1. The Morgan fingerprint density at radius 2 is 1.81 bits per heavy atom. The number of hydrogen-bond acceptors (Lipinski definition) is 3. The van der Waals surface area contributed by atoms with Crippen molar-refractivity contribution in [2.24, 2.45) is 0 Å². The Bertz CT molecular complexity index is 681. The summed E-state index contributed by atoms with van der Waals surface area (Å²) in [7, 11) is 4.10. The number of nitrogens with zero attached hydrogens (tertiary/aromatic N) is 2. The molecule has 0 heterocycles. The number of nitrogens with one attached hydrogen (secondary N) is 1. The zero-order chi connectivity index (χ0) is 15.4. The molecule has 108 valence electrons. The number of anilines is 2. The molecule has 0 aliphatic carbocycles. The Kier molecular flexibility index (Phi) is 4.49. The first kappa shape index (κ1) is 14.9. The minimum Gasteiger partial charge on any atom is -0.381 e. The van der Waals surface area contributed by atoms with Crippen LogP contribution in [0.15, 0.2) is 36.4 Å². The van der Waals surface area contributed by atoms with Gasteiger partial charge in [-0.1, -0.05) is 12.1 Å². The second kappa shape index (κ2) is 6.32. The molecule has 0 spiro atoms. The average molecular weight is 279 g/mol. The van der Waals surface area contributed by atoms with Gasteiger partial charge in [-0.3, -0.25) is 0 Å². The van der Waals surface area contributed by atoms with Gasteiger partial charge in [-0.2, -0.15) is 5.26 Å². The first-order valence-electron chi connectivity index (χ1n) is 7.02. The van der Waals surface area contributed by atoms with Gasteiger partial charge in [-0.05, 0) is 54.8 Å². The number of aryl methyl sites for hydroxylation is 2. The van der Waals surface area contributed by atoms with Crippen molar-refractivity contribution < 1.29 is 0 Å². The number of nitriles is 1. The maximum Gasteiger partial charge on any atom is 0.0991 e. The minimum atomic E-state index is 0.710. The fourth-order valence-electron chi connectivity index (χ4n) is 2.36. The topological polar surface area (TPSA) is 39.1 Å². The highest BCUT2D eigenvalue weighted by molar-refractivity contribution is 5.62. The summed E-state index contributed by atoms with van der Waals surface area (Å²) in [5.41, 5.74) is 6.65. The summed E-state index contributed by atoms with van der Waals surface area (Å²) < 4.78 is 0. The van der Waals surface area contributed by atoms with E-state index in [-0.39, 0.29) is 0 Å². The summed E-state index contributed by atoms with van der Waals surface area (Å²) in [6, 6.07) is 14.4. The Balaban J connectivity index is 2.13. The van der Waals surface area contributed by atoms with Crippen LogP contribution >= 0.6 is 0 Å². The van der Waals surface area contributed by atoms with E-state index in [0.29, 0.717) is 5.56 Å². The van der Waals surface area contributed by atoms with Crippen molar-refractivity contribution in [3.8, 4) is 6.07 Å². The molecule has 0 saturated heterocycles. The average Bonchev–Trinajstić information content (AvgIpc) is 2.47. The quantitative estimate of drug-likeness (QED) is 0.924. The molecule has 0 aliphatic rings. The van der Waals surface area contributed by atoms with Crippen LogP contribution in [0.5, 0.6) is 0 Å². The van der Waals surface area contributed by atoms with Crippen LogP contribution in [-0.4, -0.2) is 14.1 Å². The Morgan fingerprint density at radius 1 is 1.05 bits per heavy atom. The predicted molar refractivity (Wildman–Crippen MR) is 88.7 cm³/mol. The van der Waals surface area contributed by atoms with Gasteiger partial charge in [0.2, 0.25) is 0 Å². The van der Waals surface area contributed by atoms with Gasteiger partial charge in [-0.15, -0.1) is 0 Å². The molecular weight excluding hydrogens is 258 g/mol. The molecule has 0 saturated carbocycles. The molecule has 3 heteroatoms. The maximum atomic E-state index is 8.90. The second-order valence-corrected chi connectivity index (χ2v) is 5.50. The molecule has 2 aromatic rings. The molecule has 0 bridgehead atoms. The maximum absolute atomic E-state index is 8.90. The summed E-state index contributed by atoms with van der Waals surface area (Å²) in [5.74, 6) is 0. The third kappa shape index (κ3) is 3.55. The highest BCUT2D eigenvalue weighted by atomic mass is 15.1. The van der Waals surface area contributed by atoms with E-state index in [9.17, 15) is 0 Å². The Labute approximate surface area is 126 Å². The van der Waals surface area contributed by atoms with Crippen LogP contribution in [0.2, 0.25) is 0 Å². The van der Waals surface area contributed by atoms with Crippen LogP contribution in [0.3, 0.4) is 0 Å². The van der Waals surface area contributed by atoms with E-state index in [1.54, 1.807) is 0 Å². The normalized spacial score (nSPS) is 10.0. The van der Waals surface area contributed by atoms with E-state index in [4.69, 9.17) is 5.26 Å². The molecule has 0 unspecified atom stereocenters. The first-order valence-corrected chi connectivity index (χ1v) is 7.02. The minimum absolute atomic E-state index is 0.710. The third-order valence-electron chi connectivity index (χ3n) is 3.65. The van der Waals surface area contributed by atoms with Crippen LogP contribution in [0.25, 0.3) is 0 Å². The molecule has 0 amide bonds. The molecule has 1 N–H and O–H groups in total. The molecule has 0 fully saturated rings. The van der Waals surface area contributed by atoms with Gasteiger partial charge >= 0.3 is 0 Å². The fraction of sp³-hybridized carbons (Fsp3) is 0.278. The standard InChI is InChI=1S/C18H21N3/c1-13-5-8-17(10-18(13)21(3)4)20-12-16-7-6-15(11-19)9-14(16)2/h5-10,20H,12H2,1-4H3. The monoisotopic (exact) mass is 279 g/mol. The molecule has 2 aromatic carbocycles. The smallest absolute Gasteiger partial charge is 0.0991 e. The van der Waals surface area contributed by atoms with E-state index in [2.05, 4.69) is 55.5 Å². The van der Waals surface area contributed by atoms with Crippen LogP contribution in [0.4, 0.5) is 11.4 Å². The van der Waals surface area contributed by atoms with E-state index in [0.717, 1.165) is 17.8 Å². The lowest BCUT2D eigenvalue weighted by molar-refractivity contribution is 1.09. The van der Waals surface area contributed by atoms with Gasteiger partial charge in [-0.25, -0.2) is 0 Å². The Morgan fingerprint density at radius 3 is 2.43 bits per heavy atom. The van der Waals surface area contributed by atoms with Gasteiger partial charge in [0.15, 0.2) is 0 Å².